The van der Waals surface area contributed by atoms with Crippen molar-refractivity contribution in [2.75, 3.05) is 11.9 Å². The van der Waals surface area contributed by atoms with Gasteiger partial charge in [-0.1, -0.05) is 18.7 Å². The van der Waals surface area contributed by atoms with Gasteiger partial charge in [-0.25, -0.2) is 9.97 Å². The molecule has 0 aliphatic carbocycles. The highest BCUT2D eigenvalue weighted by atomic mass is 32.2. The van der Waals surface area contributed by atoms with Crippen LogP contribution in [0.3, 0.4) is 0 Å². The van der Waals surface area contributed by atoms with Crippen LogP contribution in [0, 0.1) is 6.92 Å². The topological polar surface area (TPSA) is 50.7 Å². The predicted octanol–water partition coefficient (Wildman–Crippen LogP) is 3.15. The second-order valence-corrected chi connectivity index (χ2v) is 4.98. The molecule has 0 amide bonds. The molecule has 0 fully saturated rings. The first-order chi connectivity index (χ1) is 8.78. The molecule has 0 aliphatic heterocycles. The number of aryl methyl sites for hydroxylation is 1. The fourth-order valence-electron chi connectivity index (χ4n) is 1.43. The van der Waals surface area contributed by atoms with Crippen molar-refractivity contribution in [2.45, 2.75) is 30.2 Å². The Labute approximate surface area is 111 Å². The van der Waals surface area contributed by atoms with E-state index in [1.807, 2.05) is 25.1 Å². The molecular weight excluding hydrogens is 244 g/mol. The Hall–Kier alpha value is -1.62. The molecule has 0 spiro atoms. The molecule has 94 valence electrons. The third-order valence-corrected chi connectivity index (χ3v) is 3.16. The van der Waals surface area contributed by atoms with Crippen LogP contribution in [0.2, 0.25) is 0 Å². The lowest BCUT2D eigenvalue weighted by Gasteiger charge is -2.06. The smallest absolute Gasteiger partial charge is 0.223 e. The van der Waals surface area contributed by atoms with Gasteiger partial charge in [0, 0.05) is 29.5 Å². The Kier molecular flexibility index (Phi) is 4.52. The Balaban J connectivity index is 2.15. The van der Waals surface area contributed by atoms with Gasteiger partial charge in [0.2, 0.25) is 5.95 Å². The Morgan fingerprint density at radius 2 is 2.00 bits per heavy atom. The van der Waals surface area contributed by atoms with Crippen molar-refractivity contribution >= 4 is 17.7 Å². The first kappa shape index (κ1) is 12.8. The van der Waals surface area contributed by atoms with Crippen molar-refractivity contribution in [3.05, 3.63) is 36.3 Å². The molecule has 4 nitrogen and oxygen atoms in total. The van der Waals surface area contributed by atoms with E-state index in [4.69, 9.17) is 0 Å². The molecule has 2 aromatic rings. The highest BCUT2D eigenvalue weighted by molar-refractivity contribution is 7.99. The maximum Gasteiger partial charge on any atom is 0.223 e. The van der Waals surface area contributed by atoms with Crippen LogP contribution in [0.4, 0.5) is 5.95 Å². The fourth-order valence-corrected chi connectivity index (χ4v) is 2.30. The van der Waals surface area contributed by atoms with E-state index >= 15 is 0 Å². The van der Waals surface area contributed by atoms with E-state index in [1.54, 1.807) is 24.2 Å². The van der Waals surface area contributed by atoms with Crippen molar-refractivity contribution in [3.8, 4) is 0 Å². The molecule has 0 unspecified atom stereocenters. The van der Waals surface area contributed by atoms with Crippen LogP contribution in [0.5, 0.6) is 0 Å². The zero-order valence-electron chi connectivity index (χ0n) is 10.6. The average molecular weight is 260 g/mol. The number of hydrogen-bond acceptors (Lipinski definition) is 5. The number of rotatable bonds is 5. The molecule has 1 N–H and O–H groups in total. The molecule has 0 bridgehead atoms. The van der Waals surface area contributed by atoms with E-state index < -0.39 is 0 Å². The van der Waals surface area contributed by atoms with Crippen LogP contribution in [0.25, 0.3) is 0 Å². The van der Waals surface area contributed by atoms with E-state index in [2.05, 4.69) is 27.2 Å². The lowest BCUT2D eigenvalue weighted by atomic mass is 10.4. The maximum absolute atomic E-state index is 4.49. The summed E-state index contributed by atoms with van der Waals surface area (Å²) in [6.07, 6.45) is 4.63. The summed E-state index contributed by atoms with van der Waals surface area (Å²) in [6, 6.07) is 5.94. The Bertz CT molecular complexity index is 502. The quantitative estimate of drug-likeness (QED) is 0.837. The first-order valence-electron chi connectivity index (χ1n) is 5.95. The molecule has 0 aliphatic rings. The molecule has 0 saturated carbocycles. The summed E-state index contributed by atoms with van der Waals surface area (Å²) in [5.41, 5.74) is 0.972. The summed E-state index contributed by atoms with van der Waals surface area (Å²) in [5, 5.41) is 4.16. The predicted molar refractivity (Wildman–Crippen MR) is 73.9 cm³/mol. The fraction of sp³-hybridized carbons (Fsp3) is 0.308. The van der Waals surface area contributed by atoms with Gasteiger partial charge in [0.25, 0.3) is 0 Å². The summed E-state index contributed by atoms with van der Waals surface area (Å²) in [7, 11) is 0. The Morgan fingerprint density at radius 1 is 1.22 bits per heavy atom. The molecule has 2 aromatic heterocycles. The third-order valence-electron chi connectivity index (χ3n) is 2.24. The van der Waals surface area contributed by atoms with E-state index in [9.17, 15) is 0 Å². The minimum Gasteiger partial charge on any atom is -0.354 e. The van der Waals surface area contributed by atoms with Crippen LogP contribution in [-0.2, 0) is 0 Å². The Morgan fingerprint density at radius 3 is 2.72 bits per heavy atom. The molecule has 2 heterocycles. The monoisotopic (exact) mass is 260 g/mol. The SMILES string of the molecule is CCCNc1nc(C)cc(Sc2ccncc2)n1. The molecular formula is C13H16N4S. The van der Waals surface area contributed by atoms with Gasteiger partial charge < -0.3 is 5.32 Å². The minimum absolute atomic E-state index is 0.702. The number of nitrogens with zero attached hydrogens (tertiary/aromatic N) is 3. The minimum atomic E-state index is 0.702. The summed E-state index contributed by atoms with van der Waals surface area (Å²) in [4.78, 5) is 14.0. The maximum atomic E-state index is 4.49. The van der Waals surface area contributed by atoms with Crippen molar-refractivity contribution < 1.29 is 0 Å². The van der Waals surface area contributed by atoms with Crippen LogP contribution in [0.1, 0.15) is 19.0 Å². The lowest BCUT2D eigenvalue weighted by molar-refractivity contribution is 0.924. The van der Waals surface area contributed by atoms with Crippen LogP contribution in [0.15, 0.2) is 40.5 Å². The van der Waals surface area contributed by atoms with Crippen molar-refractivity contribution in [2.24, 2.45) is 0 Å². The van der Waals surface area contributed by atoms with E-state index in [1.165, 1.54) is 0 Å². The van der Waals surface area contributed by atoms with Gasteiger partial charge in [0.15, 0.2) is 0 Å². The number of aromatic nitrogens is 3. The van der Waals surface area contributed by atoms with Gasteiger partial charge in [0.1, 0.15) is 5.03 Å². The van der Waals surface area contributed by atoms with Crippen LogP contribution < -0.4 is 5.32 Å². The highest BCUT2D eigenvalue weighted by Crippen LogP contribution is 2.26. The van der Waals surface area contributed by atoms with Gasteiger partial charge >= 0.3 is 0 Å². The van der Waals surface area contributed by atoms with E-state index in [0.717, 1.165) is 28.6 Å². The van der Waals surface area contributed by atoms with E-state index in [0.29, 0.717) is 5.95 Å². The summed E-state index contributed by atoms with van der Waals surface area (Å²) >= 11 is 1.62. The van der Waals surface area contributed by atoms with Gasteiger partial charge in [-0.2, -0.15) is 0 Å². The molecule has 2 rings (SSSR count). The van der Waals surface area contributed by atoms with Gasteiger partial charge in [-0.05, 0) is 31.5 Å². The molecule has 18 heavy (non-hydrogen) atoms. The molecule has 0 aromatic carbocycles. The van der Waals surface area contributed by atoms with Crippen molar-refractivity contribution in [1.29, 1.82) is 0 Å². The molecule has 0 radical (unpaired) electrons. The van der Waals surface area contributed by atoms with Crippen molar-refractivity contribution in [3.63, 3.8) is 0 Å². The summed E-state index contributed by atoms with van der Waals surface area (Å²) in [5.74, 6) is 0.702. The molecule has 0 atom stereocenters. The lowest BCUT2D eigenvalue weighted by Crippen LogP contribution is -2.05. The standard InChI is InChI=1S/C13H16N4S/c1-3-6-15-13-16-10(2)9-12(17-13)18-11-4-7-14-8-5-11/h4-5,7-9H,3,6H2,1-2H3,(H,15,16,17). The molecule has 0 saturated heterocycles. The van der Waals surface area contributed by atoms with Crippen molar-refractivity contribution in [1.82, 2.24) is 15.0 Å². The van der Waals surface area contributed by atoms with Gasteiger partial charge in [0.05, 0.1) is 0 Å². The highest BCUT2D eigenvalue weighted by Gasteiger charge is 2.03. The normalized spacial score (nSPS) is 10.3. The number of nitrogens with one attached hydrogen (secondary N) is 1. The largest absolute Gasteiger partial charge is 0.354 e. The second-order valence-electron chi connectivity index (χ2n) is 3.88. The average Bonchev–Trinajstić information content (AvgIpc) is 2.37. The van der Waals surface area contributed by atoms with E-state index in [-0.39, 0.29) is 0 Å². The third kappa shape index (κ3) is 3.70. The second kappa shape index (κ2) is 6.35. The zero-order valence-corrected chi connectivity index (χ0v) is 11.4. The number of anilines is 1. The van der Waals surface area contributed by atoms with Gasteiger partial charge in [-0.15, -0.1) is 0 Å². The van der Waals surface area contributed by atoms with Gasteiger partial charge in [-0.3, -0.25) is 4.98 Å². The zero-order chi connectivity index (χ0) is 12.8. The summed E-state index contributed by atoms with van der Waals surface area (Å²) in [6.45, 7) is 4.99. The summed E-state index contributed by atoms with van der Waals surface area (Å²) < 4.78 is 0. The number of pyridine rings is 1. The molecule has 5 heteroatoms. The van der Waals surface area contributed by atoms with Crippen LogP contribution >= 0.6 is 11.8 Å². The van der Waals surface area contributed by atoms with Crippen LogP contribution in [-0.4, -0.2) is 21.5 Å². The number of hydrogen-bond donors (Lipinski definition) is 1. The first-order valence-corrected chi connectivity index (χ1v) is 6.77.